The monoisotopic (exact) mass is 254 g/mol. The second kappa shape index (κ2) is 5.76. The molecule has 0 bridgehead atoms. The maximum absolute atomic E-state index is 10.0. The average Bonchev–Trinajstić information content (AvgIpc) is 2.23. The Morgan fingerprint density at radius 1 is 1.06 bits per heavy atom. The molecule has 1 aromatic rings. The third kappa shape index (κ3) is 4.28. The van der Waals surface area contributed by atoms with E-state index in [-0.39, 0.29) is 11.5 Å². The number of benzene rings is 1. The van der Waals surface area contributed by atoms with Crippen molar-refractivity contribution in [2.45, 2.75) is 41.5 Å². The Labute approximate surface area is 108 Å². The minimum Gasteiger partial charge on any atom is -0.508 e. The van der Waals surface area contributed by atoms with Crippen LogP contribution in [0.1, 0.15) is 37.5 Å². The lowest BCUT2D eigenvalue weighted by molar-refractivity contribution is -0.145. The fourth-order valence-corrected chi connectivity index (χ4v) is 1.05. The molecule has 0 aromatic heterocycles. The standard InChI is InChI=1S/C9H12O2.C5H10O2/c1-5-4-8(10)6(2)7(3)9(5)11;1-5(2,3)4(6)7/h4,10-11H,1-3H3;1-3H3,(H,6,7). The zero-order chi connectivity index (χ0) is 14.7. The summed E-state index contributed by atoms with van der Waals surface area (Å²) >= 11 is 0. The van der Waals surface area contributed by atoms with Crippen LogP contribution in [0.15, 0.2) is 6.07 Å². The molecule has 3 N–H and O–H groups in total. The van der Waals surface area contributed by atoms with Gasteiger partial charge in [0.1, 0.15) is 11.5 Å². The zero-order valence-corrected chi connectivity index (χ0v) is 11.8. The summed E-state index contributed by atoms with van der Waals surface area (Å²) in [7, 11) is 0. The Bertz CT molecular complexity index is 416. The van der Waals surface area contributed by atoms with Crippen molar-refractivity contribution in [3.63, 3.8) is 0 Å². The van der Waals surface area contributed by atoms with Crippen molar-refractivity contribution in [3.8, 4) is 11.5 Å². The summed E-state index contributed by atoms with van der Waals surface area (Å²) in [6, 6.07) is 1.57. The van der Waals surface area contributed by atoms with E-state index in [2.05, 4.69) is 0 Å². The summed E-state index contributed by atoms with van der Waals surface area (Å²) in [5.74, 6) is -0.231. The van der Waals surface area contributed by atoms with Gasteiger partial charge < -0.3 is 15.3 Å². The van der Waals surface area contributed by atoms with Gasteiger partial charge in [-0.2, -0.15) is 0 Å². The summed E-state index contributed by atoms with van der Waals surface area (Å²) in [4.78, 5) is 10.0. The topological polar surface area (TPSA) is 77.8 Å². The SMILES string of the molecule is CC(C)(C)C(=O)O.Cc1cc(O)c(C)c(C)c1O. The first kappa shape index (κ1) is 16.3. The number of hydrogen-bond donors (Lipinski definition) is 3. The van der Waals surface area contributed by atoms with E-state index in [9.17, 15) is 15.0 Å². The Kier molecular flexibility index (Phi) is 5.21. The first-order valence-electron chi connectivity index (χ1n) is 5.70. The highest BCUT2D eigenvalue weighted by molar-refractivity contribution is 5.72. The van der Waals surface area contributed by atoms with Crippen molar-refractivity contribution in [1.82, 2.24) is 0 Å². The van der Waals surface area contributed by atoms with Gasteiger partial charge in [-0.05, 0) is 64.3 Å². The van der Waals surface area contributed by atoms with E-state index < -0.39 is 11.4 Å². The molecule has 0 unspecified atom stereocenters. The number of phenols is 2. The average molecular weight is 254 g/mol. The minimum atomic E-state index is -0.757. The van der Waals surface area contributed by atoms with Gasteiger partial charge in [0.05, 0.1) is 5.41 Å². The van der Waals surface area contributed by atoms with E-state index in [1.165, 1.54) is 0 Å². The molecule has 0 radical (unpaired) electrons. The molecule has 1 rings (SSSR count). The third-order valence-electron chi connectivity index (χ3n) is 2.67. The second-order valence-electron chi connectivity index (χ2n) is 5.37. The van der Waals surface area contributed by atoms with Crippen LogP contribution in [0.25, 0.3) is 0 Å². The van der Waals surface area contributed by atoms with Crippen molar-refractivity contribution in [2.75, 3.05) is 0 Å². The second-order valence-corrected chi connectivity index (χ2v) is 5.37. The van der Waals surface area contributed by atoms with Crippen molar-refractivity contribution in [2.24, 2.45) is 5.41 Å². The molecule has 0 amide bonds. The number of aromatic hydroxyl groups is 2. The first-order valence-corrected chi connectivity index (χ1v) is 5.70. The molecular weight excluding hydrogens is 232 g/mol. The van der Waals surface area contributed by atoms with Crippen LogP contribution < -0.4 is 0 Å². The summed E-state index contributed by atoms with van der Waals surface area (Å²) in [6.07, 6.45) is 0. The van der Waals surface area contributed by atoms with Crippen molar-refractivity contribution in [1.29, 1.82) is 0 Å². The van der Waals surface area contributed by atoms with Crippen LogP contribution in [0.5, 0.6) is 11.5 Å². The predicted molar refractivity (Wildman–Crippen MR) is 71.1 cm³/mol. The molecule has 0 aliphatic rings. The molecule has 0 saturated carbocycles. The summed E-state index contributed by atoms with van der Waals surface area (Å²) in [5, 5.41) is 26.9. The number of carbonyl (C=O) groups is 1. The molecule has 1 aromatic carbocycles. The van der Waals surface area contributed by atoms with Crippen LogP contribution in [0, 0.1) is 26.2 Å². The number of carboxylic acid groups (broad SMARTS) is 1. The number of rotatable bonds is 0. The molecular formula is C14H22O4. The predicted octanol–water partition coefficient (Wildman–Crippen LogP) is 3.14. The number of hydrogen-bond acceptors (Lipinski definition) is 3. The van der Waals surface area contributed by atoms with Crippen LogP contribution in [0.3, 0.4) is 0 Å². The Balaban J connectivity index is 0.000000360. The number of phenolic OH excluding ortho intramolecular Hbond substituents is 2. The summed E-state index contributed by atoms with van der Waals surface area (Å²) < 4.78 is 0. The number of carboxylic acids is 1. The molecule has 0 heterocycles. The van der Waals surface area contributed by atoms with Gasteiger partial charge >= 0.3 is 5.97 Å². The van der Waals surface area contributed by atoms with Gasteiger partial charge in [0, 0.05) is 0 Å². The maximum Gasteiger partial charge on any atom is 0.308 e. The Hall–Kier alpha value is -1.71. The molecule has 0 saturated heterocycles. The van der Waals surface area contributed by atoms with Crippen LogP contribution in [-0.2, 0) is 4.79 Å². The van der Waals surface area contributed by atoms with Crippen molar-refractivity contribution >= 4 is 5.97 Å². The van der Waals surface area contributed by atoms with Gasteiger partial charge in [0.2, 0.25) is 0 Å². The van der Waals surface area contributed by atoms with Gasteiger partial charge in [0.25, 0.3) is 0 Å². The maximum atomic E-state index is 10.0. The van der Waals surface area contributed by atoms with Crippen molar-refractivity contribution < 1.29 is 20.1 Å². The molecule has 0 aliphatic heterocycles. The van der Waals surface area contributed by atoms with E-state index in [0.717, 1.165) is 11.1 Å². The largest absolute Gasteiger partial charge is 0.508 e. The van der Waals surface area contributed by atoms with E-state index in [1.807, 2.05) is 0 Å². The van der Waals surface area contributed by atoms with Gasteiger partial charge in [-0.25, -0.2) is 0 Å². The Morgan fingerprint density at radius 2 is 1.44 bits per heavy atom. The zero-order valence-electron chi connectivity index (χ0n) is 11.8. The number of aryl methyl sites for hydroxylation is 1. The van der Waals surface area contributed by atoms with Gasteiger partial charge in [-0.3, -0.25) is 4.79 Å². The highest BCUT2D eigenvalue weighted by Gasteiger charge is 2.18. The van der Waals surface area contributed by atoms with Crippen LogP contribution in [0.2, 0.25) is 0 Å². The minimum absolute atomic E-state index is 0.248. The molecule has 0 aliphatic carbocycles. The molecule has 4 nitrogen and oxygen atoms in total. The van der Waals surface area contributed by atoms with E-state index in [0.29, 0.717) is 5.56 Å². The number of aliphatic carboxylic acids is 1. The van der Waals surface area contributed by atoms with E-state index in [4.69, 9.17) is 5.11 Å². The molecule has 0 fully saturated rings. The van der Waals surface area contributed by atoms with Gasteiger partial charge in [-0.15, -0.1) is 0 Å². The smallest absolute Gasteiger partial charge is 0.308 e. The normalized spacial score (nSPS) is 10.6. The van der Waals surface area contributed by atoms with E-state index >= 15 is 0 Å². The van der Waals surface area contributed by atoms with Crippen molar-refractivity contribution in [3.05, 3.63) is 22.8 Å². The molecule has 18 heavy (non-hydrogen) atoms. The highest BCUT2D eigenvalue weighted by Crippen LogP contribution is 2.30. The third-order valence-corrected chi connectivity index (χ3v) is 2.67. The molecule has 4 heteroatoms. The van der Waals surface area contributed by atoms with Gasteiger partial charge in [-0.1, -0.05) is 0 Å². The van der Waals surface area contributed by atoms with E-state index in [1.54, 1.807) is 47.6 Å². The Morgan fingerprint density at radius 3 is 1.78 bits per heavy atom. The quantitative estimate of drug-likeness (QED) is 0.621. The lowest BCUT2D eigenvalue weighted by Crippen LogP contribution is -2.18. The lowest BCUT2D eigenvalue weighted by Gasteiger charge is -2.08. The highest BCUT2D eigenvalue weighted by atomic mass is 16.4. The van der Waals surface area contributed by atoms with Gasteiger partial charge in [0.15, 0.2) is 0 Å². The lowest BCUT2D eigenvalue weighted by atomic mass is 9.98. The van der Waals surface area contributed by atoms with Crippen LogP contribution in [-0.4, -0.2) is 21.3 Å². The first-order chi connectivity index (χ1) is 7.98. The summed E-state index contributed by atoms with van der Waals surface area (Å²) in [5.41, 5.74) is 1.63. The van der Waals surface area contributed by atoms with Crippen LogP contribution in [0.4, 0.5) is 0 Å². The fraction of sp³-hybridized carbons (Fsp3) is 0.500. The molecule has 0 atom stereocenters. The molecule has 102 valence electrons. The summed E-state index contributed by atoms with van der Waals surface area (Å²) in [6.45, 7) is 10.3. The fourth-order valence-electron chi connectivity index (χ4n) is 1.05. The molecule has 0 spiro atoms. The van der Waals surface area contributed by atoms with Crippen LogP contribution >= 0.6 is 0 Å².